The molecule has 45 heavy (non-hydrogen) atoms. The van der Waals surface area contributed by atoms with Gasteiger partial charge >= 0.3 is 13.7 Å². The Labute approximate surface area is 260 Å². The van der Waals surface area contributed by atoms with Crippen molar-refractivity contribution in [1.82, 2.24) is 14.9 Å². The van der Waals surface area contributed by atoms with Crippen LogP contribution in [0.15, 0.2) is 89.7 Å². The molecule has 5 aromatic rings. The molecule has 3 aromatic carbocycles. The van der Waals surface area contributed by atoms with Gasteiger partial charge in [-0.3, -0.25) is 13.9 Å². The standard InChI is InChI=1S/C35H32N3O6P/c1-3-32(28-17-31-33-23(18-38(31)34(39)21(28)2)16-22-10-4-9-15-30(22)37-33)44-45(41,42)20-36-35(40)43-19-29-26-13-7-5-11-24(26)25-12-6-8-14-27(25)29/h4-17,29,32H,3,18-20H2,1-2H3,(H,36,40)(H,41,42). The van der Waals surface area contributed by atoms with Crippen molar-refractivity contribution in [3.63, 3.8) is 0 Å². The van der Waals surface area contributed by atoms with Crippen LogP contribution in [0.4, 0.5) is 4.79 Å². The lowest BCUT2D eigenvalue weighted by molar-refractivity contribution is 0.140. The topological polar surface area (TPSA) is 120 Å². The molecule has 7 rings (SSSR count). The van der Waals surface area contributed by atoms with Crippen molar-refractivity contribution in [1.29, 1.82) is 0 Å². The molecule has 10 heteroatoms. The van der Waals surface area contributed by atoms with Crippen LogP contribution in [0.25, 0.3) is 33.4 Å². The van der Waals surface area contributed by atoms with E-state index in [9.17, 15) is 19.0 Å². The third-order valence-electron chi connectivity index (χ3n) is 8.73. The highest BCUT2D eigenvalue weighted by Gasteiger charge is 2.32. The van der Waals surface area contributed by atoms with Crippen molar-refractivity contribution in [2.24, 2.45) is 0 Å². The first kappa shape index (κ1) is 29.2. The summed E-state index contributed by atoms with van der Waals surface area (Å²) in [7, 11) is -4.33. The molecule has 2 aromatic heterocycles. The Morgan fingerprint density at radius 1 is 1.04 bits per heavy atom. The SMILES string of the molecule is CCC(OP(=O)(O)CNC(=O)OCC1c2ccccc2-c2ccccc21)c1cc2n(c(=O)c1C)Cc1cc3ccccc3nc1-2. The summed E-state index contributed by atoms with van der Waals surface area (Å²) in [5, 5.41) is 3.39. The summed E-state index contributed by atoms with van der Waals surface area (Å²) >= 11 is 0. The van der Waals surface area contributed by atoms with Crippen LogP contribution >= 0.6 is 7.60 Å². The number of carbonyl (C=O) groups excluding carboxylic acids is 1. The number of rotatable bonds is 8. The second kappa shape index (κ2) is 11.4. The smallest absolute Gasteiger partial charge is 0.407 e. The molecule has 1 amide bonds. The lowest BCUT2D eigenvalue weighted by Gasteiger charge is -2.23. The number of amides is 1. The van der Waals surface area contributed by atoms with Gasteiger partial charge in [-0.2, -0.15) is 0 Å². The van der Waals surface area contributed by atoms with Crippen LogP contribution in [0.5, 0.6) is 0 Å². The van der Waals surface area contributed by atoms with Gasteiger partial charge in [0.1, 0.15) is 12.9 Å². The van der Waals surface area contributed by atoms with Gasteiger partial charge in [-0.25, -0.2) is 9.78 Å². The second-order valence-electron chi connectivity index (χ2n) is 11.5. The minimum absolute atomic E-state index is 0.0804. The number of aromatic nitrogens is 2. The summed E-state index contributed by atoms with van der Waals surface area (Å²) in [5.74, 6) is -0.135. The molecule has 2 aliphatic rings. The van der Waals surface area contributed by atoms with Gasteiger partial charge in [-0.15, -0.1) is 0 Å². The number of hydrogen-bond acceptors (Lipinski definition) is 6. The average molecular weight is 622 g/mol. The van der Waals surface area contributed by atoms with E-state index < -0.39 is 26.1 Å². The molecule has 0 saturated heterocycles. The zero-order valence-electron chi connectivity index (χ0n) is 24.9. The number of nitrogens with one attached hydrogen (secondary N) is 1. The Morgan fingerprint density at radius 3 is 2.42 bits per heavy atom. The molecule has 0 radical (unpaired) electrons. The van der Waals surface area contributed by atoms with E-state index in [-0.39, 0.29) is 18.1 Å². The number of pyridine rings is 2. The summed E-state index contributed by atoms with van der Waals surface area (Å²) in [6.07, 6.45) is -1.98. The number of carbonyl (C=O) groups is 1. The lowest BCUT2D eigenvalue weighted by atomic mass is 9.98. The average Bonchev–Trinajstić information content (AvgIpc) is 3.57. The van der Waals surface area contributed by atoms with Crippen molar-refractivity contribution in [3.8, 4) is 22.5 Å². The van der Waals surface area contributed by atoms with Crippen molar-refractivity contribution < 1.29 is 23.5 Å². The largest absolute Gasteiger partial charge is 0.449 e. The summed E-state index contributed by atoms with van der Waals surface area (Å²) < 4.78 is 26.1. The summed E-state index contributed by atoms with van der Waals surface area (Å²) in [5.41, 5.74) is 8.23. The minimum atomic E-state index is -4.33. The van der Waals surface area contributed by atoms with Gasteiger partial charge in [0.25, 0.3) is 5.56 Å². The highest BCUT2D eigenvalue weighted by Crippen LogP contribution is 2.48. The third kappa shape index (κ3) is 5.27. The van der Waals surface area contributed by atoms with Gasteiger partial charge < -0.3 is 19.5 Å². The fraction of sp³-hybridized carbons (Fsp3) is 0.229. The zero-order chi connectivity index (χ0) is 31.3. The molecule has 0 fully saturated rings. The monoisotopic (exact) mass is 621 g/mol. The number of para-hydroxylation sites is 1. The van der Waals surface area contributed by atoms with Gasteiger partial charge in [-0.05, 0) is 59.4 Å². The van der Waals surface area contributed by atoms with E-state index in [2.05, 4.69) is 5.32 Å². The Morgan fingerprint density at radius 2 is 1.71 bits per heavy atom. The highest BCUT2D eigenvalue weighted by atomic mass is 31.2. The predicted octanol–water partition coefficient (Wildman–Crippen LogP) is 6.88. The van der Waals surface area contributed by atoms with Gasteiger partial charge in [0.15, 0.2) is 0 Å². The molecule has 2 N–H and O–H groups in total. The van der Waals surface area contributed by atoms with Crippen LogP contribution in [0, 0.1) is 6.92 Å². The van der Waals surface area contributed by atoms with Crippen molar-refractivity contribution in [2.75, 3.05) is 12.9 Å². The molecule has 9 nitrogen and oxygen atoms in total. The summed E-state index contributed by atoms with van der Waals surface area (Å²) in [6, 6.07) is 27.7. The highest BCUT2D eigenvalue weighted by molar-refractivity contribution is 7.52. The van der Waals surface area contributed by atoms with E-state index in [0.717, 1.165) is 38.7 Å². The Balaban J connectivity index is 1.05. The second-order valence-corrected chi connectivity index (χ2v) is 13.3. The first-order valence-corrected chi connectivity index (χ1v) is 16.7. The van der Waals surface area contributed by atoms with Crippen LogP contribution in [-0.2, 0) is 20.4 Å². The van der Waals surface area contributed by atoms with Gasteiger partial charge in [0, 0.05) is 22.4 Å². The van der Waals surface area contributed by atoms with Gasteiger partial charge in [-0.1, -0.05) is 73.7 Å². The quantitative estimate of drug-likeness (QED) is 0.178. The number of hydrogen-bond donors (Lipinski definition) is 2. The maximum atomic E-state index is 13.5. The van der Waals surface area contributed by atoms with Crippen LogP contribution in [0.3, 0.4) is 0 Å². The number of alkyl carbamates (subject to hydrolysis) is 1. The van der Waals surface area contributed by atoms with E-state index in [4.69, 9.17) is 14.2 Å². The lowest BCUT2D eigenvalue weighted by Crippen LogP contribution is -2.28. The Kier molecular flexibility index (Phi) is 7.40. The molecule has 3 heterocycles. The van der Waals surface area contributed by atoms with Crippen LogP contribution in [-0.4, -0.2) is 33.4 Å². The summed E-state index contributed by atoms with van der Waals surface area (Å²) in [6.45, 7) is 3.99. The van der Waals surface area contributed by atoms with Crippen molar-refractivity contribution in [2.45, 2.75) is 38.8 Å². The van der Waals surface area contributed by atoms with Crippen LogP contribution in [0.1, 0.15) is 53.2 Å². The molecule has 228 valence electrons. The molecule has 0 saturated carbocycles. The fourth-order valence-corrected chi connectivity index (χ4v) is 7.59. The molecular formula is C35H32N3O6P. The normalized spacial score (nSPS) is 15.1. The number of fused-ring (bicyclic) bond motifs is 7. The van der Waals surface area contributed by atoms with Crippen molar-refractivity contribution >= 4 is 24.6 Å². The first-order chi connectivity index (χ1) is 21.7. The summed E-state index contributed by atoms with van der Waals surface area (Å²) in [4.78, 5) is 41.7. The van der Waals surface area contributed by atoms with E-state index in [1.54, 1.807) is 11.5 Å². The molecule has 2 atom stereocenters. The number of nitrogens with zero attached hydrogens (tertiary/aromatic N) is 2. The van der Waals surface area contributed by atoms with Gasteiger partial charge in [0.2, 0.25) is 0 Å². The molecule has 0 spiro atoms. The Hall–Kier alpha value is -4.56. The maximum absolute atomic E-state index is 13.5. The van der Waals surface area contributed by atoms with Crippen LogP contribution in [0.2, 0.25) is 0 Å². The molecule has 0 bridgehead atoms. The minimum Gasteiger partial charge on any atom is -0.449 e. The maximum Gasteiger partial charge on any atom is 0.407 e. The number of ether oxygens (including phenoxy) is 1. The fourth-order valence-electron chi connectivity index (χ4n) is 6.53. The van der Waals surface area contributed by atoms with Gasteiger partial charge in [0.05, 0.1) is 29.6 Å². The van der Waals surface area contributed by atoms with E-state index in [1.165, 1.54) is 0 Å². The van der Waals surface area contributed by atoms with Crippen molar-refractivity contribution in [3.05, 3.63) is 123 Å². The Bertz CT molecular complexity index is 2050. The van der Waals surface area contributed by atoms with E-state index in [0.29, 0.717) is 35.5 Å². The first-order valence-electron chi connectivity index (χ1n) is 15.0. The van der Waals surface area contributed by atoms with Crippen LogP contribution < -0.4 is 10.9 Å². The predicted molar refractivity (Wildman–Crippen MR) is 172 cm³/mol. The molecule has 1 aliphatic heterocycles. The van der Waals surface area contributed by atoms with E-state index in [1.807, 2.05) is 91.9 Å². The van der Waals surface area contributed by atoms with E-state index >= 15 is 0 Å². The zero-order valence-corrected chi connectivity index (χ0v) is 25.8. The number of benzene rings is 3. The third-order valence-corrected chi connectivity index (χ3v) is 9.87. The molecular weight excluding hydrogens is 589 g/mol. The molecule has 1 aliphatic carbocycles. The molecule has 2 unspecified atom stereocenters.